The van der Waals surface area contributed by atoms with E-state index < -0.39 is 54.0 Å². The number of aliphatic imine (C=N–C) groups is 1. The lowest BCUT2D eigenvalue weighted by molar-refractivity contribution is -0.297. The standard InChI is InChI=1S/C25H24F3N5O4/c1-32(2)13-29-24(34)20-10-19(23-21(36-20)12-35-25(37-23)14-6-4-3-5-7-14)33-11-18(30-31-33)15-8-16(26)22(28)17(27)9-15/h3-9,11,13,19-21,23,25H,10,12H2,1-2H3/b29-13+/t19-,20-,21-,23-,25?/m1/s1. The van der Waals surface area contributed by atoms with Crippen LogP contribution in [0.1, 0.15) is 24.3 Å². The average Bonchev–Trinajstić information content (AvgIpc) is 3.40. The second kappa shape index (κ2) is 10.4. The Kier molecular flexibility index (Phi) is 7.04. The van der Waals surface area contributed by atoms with Crippen molar-refractivity contribution in [2.75, 3.05) is 20.7 Å². The highest BCUT2D eigenvalue weighted by atomic mass is 19.2. The third-order valence-electron chi connectivity index (χ3n) is 6.13. The van der Waals surface area contributed by atoms with Crippen LogP contribution in [0.25, 0.3) is 11.3 Å². The van der Waals surface area contributed by atoms with Crippen molar-refractivity contribution in [3.05, 3.63) is 71.7 Å². The summed E-state index contributed by atoms with van der Waals surface area (Å²) >= 11 is 0. The zero-order valence-electron chi connectivity index (χ0n) is 20.0. The Morgan fingerprint density at radius 1 is 1.14 bits per heavy atom. The molecule has 5 atom stereocenters. The summed E-state index contributed by atoms with van der Waals surface area (Å²) in [5.41, 5.74) is 0.954. The largest absolute Gasteiger partial charge is 0.369 e. The molecule has 2 aromatic carbocycles. The van der Waals surface area contributed by atoms with Crippen LogP contribution in [0.5, 0.6) is 0 Å². The van der Waals surface area contributed by atoms with Crippen LogP contribution < -0.4 is 0 Å². The zero-order chi connectivity index (χ0) is 26.1. The van der Waals surface area contributed by atoms with Gasteiger partial charge in [0.2, 0.25) is 0 Å². The number of hydrogen-bond acceptors (Lipinski definition) is 6. The number of ether oxygens (including phenoxy) is 3. The minimum atomic E-state index is -1.56. The van der Waals surface area contributed by atoms with Gasteiger partial charge < -0.3 is 19.1 Å². The number of hydrogen-bond donors (Lipinski definition) is 0. The molecule has 9 nitrogen and oxygen atoms in total. The van der Waals surface area contributed by atoms with E-state index in [0.717, 1.165) is 17.7 Å². The van der Waals surface area contributed by atoms with Gasteiger partial charge in [0.25, 0.3) is 5.91 Å². The maximum Gasteiger partial charge on any atom is 0.276 e. The summed E-state index contributed by atoms with van der Waals surface area (Å²) in [6, 6.07) is 10.5. The van der Waals surface area contributed by atoms with E-state index in [1.54, 1.807) is 19.0 Å². The zero-order valence-corrected chi connectivity index (χ0v) is 20.0. The van der Waals surface area contributed by atoms with Gasteiger partial charge in [-0.2, -0.15) is 0 Å². The predicted octanol–water partition coefficient (Wildman–Crippen LogP) is 3.29. The van der Waals surface area contributed by atoms with E-state index in [4.69, 9.17) is 14.2 Å². The van der Waals surface area contributed by atoms with Crippen molar-refractivity contribution in [1.82, 2.24) is 19.9 Å². The van der Waals surface area contributed by atoms with Crippen molar-refractivity contribution in [1.29, 1.82) is 0 Å². The number of carbonyl (C=O) groups excluding carboxylic acids is 1. The maximum atomic E-state index is 13.8. The molecule has 1 aromatic heterocycles. The van der Waals surface area contributed by atoms with E-state index >= 15 is 0 Å². The fraction of sp³-hybridized carbons (Fsp3) is 0.360. The Bertz CT molecular complexity index is 1280. The minimum Gasteiger partial charge on any atom is -0.369 e. The Morgan fingerprint density at radius 3 is 2.57 bits per heavy atom. The molecule has 0 bridgehead atoms. The predicted molar refractivity (Wildman–Crippen MR) is 125 cm³/mol. The normalized spacial score (nSPS) is 25.7. The van der Waals surface area contributed by atoms with Crippen molar-refractivity contribution in [3.8, 4) is 11.3 Å². The van der Waals surface area contributed by atoms with Crippen LogP contribution in [0.3, 0.4) is 0 Å². The van der Waals surface area contributed by atoms with Crippen LogP contribution in [0.4, 0.5) is 13.2 Å². The first-order chi connectivity index (χ1) is 17.8. The molecule has 2 saturated heterocycles. The Morgan fingerprint density at radius 2 is 1.86 bits per heavy atom. The van der Waals surface area contributed by atoms with Gasteiger partial charge in [-0.3, -0.25) is 4.79 Å². The second-order valence-corrected chi connectivity index (χ2v) is 9.03. The fourth-order valence-electron chi connectivity index (χ4n) is 4.35. The summed E-state index contributed by atoms with van der Waals surface area (Å²) in [5.74, 6) is -4.71. The summed E-state index contributed by atoms with van der Waals surface area (Å²) in [5, 5.41) is 8.17. The minimum absolute atomic E-state index is 0.0181. The lowest BCUT2D eigenvalue weighted by Crippen LogP contribution is -2.54. The van der Waals surface area contributed by atoms with E-state index in [1.807, 2.05) is 30.3 Å². The third kappa shape index (κ3) is 5.26. The molecule has 2 aliphatic heterocycles. The van der Waals surface area contributed by atoms with Gasteiger partial charge in [-0.05, 0) is 12.1 Å². The second-order valence-electron chi connectivity index (χ2n) is 9.03. The molecule has 0 radical (unpaired) electrons. The van der Waals surface area contributed by atoms with Gasteiger partial charge in [0.15, 0.2) is 23.7 Å². The van der Waals surface area contributed by atoms with Crippen LogP contribution in [0.2, 0.25) is 0 Å². The highest BCUT2D eigenvalue weighted by Gasteiger charge is 2.47. The van der Waals surface area contributed by atoms with Crippen molar-refractivity contribution in [2.45, 2.75) is 37.1 Å². The van der Waals surface area contributed by atoms with Gasteiger partial charge in [-0.25, -0.2) is 22.8 Å². The lowest BCUT2D eigenvalue weighted by Gasteiger charge is -2.45. The van der Waals surface area contributed by atoms with E-state index in [0.29, 0.717) is 0 Å². The van der Waals surface area contributed by atoms with Crippen LogP contribution in [0.15, 0.2) is 53.7 Å². The van der Waals surface area contributed by atoms with E-state index in [-0.39, 0.29) is 24.3 Å². The van der Waals surface area contributed by atoms with Crippen molar-refractivity contribution in [2.24, 2.45) is 4.99 Å². The molecule has 0 spiro atoms. The van der Waals surface area contributed by atoms with Crippen LogP contribution in [-0.2, 0) is 19.0 Å². The molecule has 12 heteroatoms. The van der Waals surface area contributed by atoms with E-state index in [9.17, 15) is 18.0 Å². The highest BCUT2D eigenvalue weighted by Crippen LogP contribution is 2.39. The van der Waals surface area contributed by atoms with Crippen LogP contribution >= 0.6 is 0 Å². The smallest absolute Gasteiger partial charge is 0.276 e. The summed E-state index contributed by atoms with van der Waals surface area (Å²) in [6.45, 7) is 0.151. The van der Waals surface area contributed by atoms with Gasteiger partial charge in [0.1, 0.15) is 24.0 Å². The van der Waals surface area contributed by atoms with Gasteiger partial charge in [0.05, 0.1) is 25.2 Å². The van der Waals surface area contributed by atoms with Crippen molar-refractivity contribution >= 4 is 12.2 Å². The molecule has 1 amide bonds. The van der Waals surface area contributed by atoms with Gasteiger partial charge in [-0.1, -0.05) is 35.5 Å². The Balaban J connectivity index is 1.46. The molecule has 3 heterocycles. The quantitative estimate of drug-likeness (QED) is 0.293. The maximum absolute atomic E-state index is 13.8. The molecule has 37 heavy (non-hydrogen) atoms. The Labute approximate surface area is 210 Å². The number of aromatic nitrogens is 3. The number of amides is 1. The molecular weight excluding hydrogens is 491 g/mol. The Hall–Kier alpha value is -3.61. The monoisotopic (exact) mass is 515 g/mol. The first-order valence-corrected chi connectivity index (χ1v) is 11.6. The van der Waals surface area contributed by atoms with Crippen molar-refractivity contribution in [3.63, 3.8) is 0 Å². The van der Waals surface area contributed by atoms with Gasteiger partial charge in [-0.15, -0.1) is 5.10 Å². The van der Waals surface area contributed by atoms with Crippen LogP contribution in [0, 0.1) is 17.5 Å². The molecule has 1 unspecified atom stereocenters. The first-order valence-electron chi connectivity index (χ1n) is 11.6. The number of rotatable bonds is 5. The SMILES string of the molecule is CN(C)/C=N/C(=O)[C@H]1C[C@@H](n2cc(-c3cc(F)c(F)c(F)c3)nn2)[C@H]2OC(c3ccccc3)OC[C@H]2O1. The number of nitrogens with zero attached hydrogens (tertiary/aromatic N) is 5. The molecule has 0 N–H and O–H groups in total. The summed E-state index contributed by atoms with van der Waals surface area (Å²) < 4.78 is 60.7. The molecule has 2 fully saturated rings. The molecule has 0 saturated carbocycles. The van der Waals surface area contributed by atoms with E-state index in [1.165, 1.54) is 17.2 Å². The van der Waals surface area contributed by atoms with Crippen LogP contribution in [-0.4, -0.2) is 71.2 Å². The third-order valence-corrected chi connectivity index (χ3v) is 6.13. The molecule has 2 aliphatic rings. The fourth-order valence-corrected chi connectivity index (χ4v) is 4.35. The molecule has 3 aromatic rings. The van der Waals surface area contributed by atoms with Crippen molar-refractivity contribution < 1.29 is 32.2 Å². The van der Waals surface area contributed by atoms with Gasteiger partial charge in [0, 0.05) is 31.6 Å². The van der Waals surface area contributed by atoms with Gasteiger partial charge >= 0.3 is 0 Å². The first kappa shape index (κ1) is 25.1. The number of carbonyl (C=O) groups is 1. The summed E-state index contributed by atoms with van der Waals surface area (Å²) in [6.07, 6.45) is 0.235. The van der Waals surface area contributed by atoms with E-state index in [2.05, 4.69) is 15.3 Å². The molecule has 0 aliphatic carbocycles. The topological polar surface area (TPSA) is 91.1 Å². The number of fused-ring (bicyclic) bond motifs is 1. The molecule has 5 rings (SSSR count). The molecular formula is C25H24F3N5O4. The average molecular weight is 515 g/mol. The summed E-state index contributed by atoms with van der Waals surface area (Å²) in [4.78, 5) is 18.4. The lowest BCUT2D eigenvalue weighted by atomic mass is 9.94. The number of halogens is 3. The number of benzene rings is 2. The molecule has 194 valence electrons. The highest BCUT2D eigenvalue weighted by molar-refractivity contribution is 5.87. The summed E-state index contributed by atoms with van der Waals surface area (Å²) in [7, 11) is 3.48.